The predicted molar refractivity (Wildman–Crippen MR) is 156 cm³/mol. The molecule has 5 rings (SSSR count). The van der Waals surface area contributed by atoms with Crippen LogP contribution in [-0.4, -0.2) is 89.2 Å². The van der Waals surface area contributed by atoms with Crippen LogP contribution in [0.1, 0.15) is 21.3 Å². The quantitative estimate of drug-likeness (QED) is 0.434. The molecule has 3 aromatic rings. The number of benzene rings is 2. The summed E-state index contributed by atoms with van der Waals surface area (Å²) < 4.78 is 31.1. The predicted octanol–water partition coefficient (Wildman–Crippen LogP) is 4.93. The lowest BCUT2D eigenvalue weighted by atomic mass is 10.00. The van der Waals surface area contributed by atoms with E-state index in [1.54, 1.807) is 4.90 Å². The lowest BCUT2D eigenvalue weighted by molar-refractivity contribution is -0.128. The van der Waals surface area contributed by atoms with E-state index in [4.69, 9.17) is 16.6 Å². The number of carbonyl (C=O) groups is 1. The molecular formula is C29H35ClF2N6O2. The third-order valence-electron chi connectivity index (χ3n) is 7.68. The van der Waals surface area contributed by atoms with Gasteiger partial charge in [-0.3, -0.25) is 4.79 Å². The summed E-state index contributed by atoms with van der Waals surface area (Å²) in [4.78, 5) is 29.7. The smallest absolute Gasteiger partial charge is 0.246 e. The Balaban J connectivity index is 0.00000370. The fourth-order valence-electron chi connectivity index (χ4n) is 5.31. The van der Waals surface area contributed by atoms with E-state index in [2.05, 4.69) is 16.5 Å². The molecular weight excluding hydrogens is 538 g/mol. The molecule has 0 aliphatic carbocycles. The highest BCUT2D eigenvalue weighted by Crippen LogP contribution is 2.43. The van der Waals surface area contributed by atoms with Crippen LogP contribution in [0.5, 0.6) is 5.75 Å². The Morgan fingerprint density at radius 3 is 2.45 bits per heavy atom. The van der Waals surface area contributed by atoms with E-state index in [1.165, 1.54) is 24.3 Å². The maximum Gasteiger partial charge on any atom is 0.246 e. The number of phenolic OH excluding ortho intramolecular Hbond substituents is 1. The van der Waals surface area contributed by atoms with Gasteiger partial charge < -0.3 is 24.7 Å². The van der Waals surface area contributed by atoms with Crippen LogP contribution >= 0.6 is 11.6 Å². The summed E-state index contributed by atoms with van der Waals surface area (Å²) in [6, 6.07) is 5.28. The molecule has 0 spiro atoms. The van der Waals surface area contributed by atoms with Crippen LogP contribution in [0.3, 0.4) is 0 Å². The normalized spacial score (nSPS) is 19.6. The minimum Gasteiger partial charge on any atom is -0.507 e. The van der Waals surface area contributed by atoms with Gasteiger partial charge in [0.2, 0.25) is 11.9 Å². The van der Waals surface area contributed by atoms with Gasteiger partial charge in [0.25, 0.3) is 0 Å². The zero-order valence-electron chi connectivity index (χ0n) is 22.3. The molecule has 0 radical (unpaired) electrons. The second-order valence-corrected chi connectivity index (χ2v) is 10.9. The van der Waals surface area contributed by atoms with Crippen LogP contribution in [0.2, 0.25) is 5.02 Å². The van der Waals surface area contributed by atoms with Crippen LogP contribution in [0.15, 0.2) is 36.9 Å². The van der Waals surface area contributed by atoms with Crippen LogP contribution in [0, 0.1) is 11.6 Å². The Hall–Kier alpha value is -3.50. The molecule has 1 aromatic heterocycles. The van der Waals surface area contributed by atoms with E-state index in [0.29, 0.717) is 49.4 Å². The number of aromatic hydroxyl groups is 1. The Kier molecular flexibility index (Phi) is 8.23. The number of carbonyl (C=O) groups excluding carboxylic acids is 1. The lowest BCUT2D eigenvalue weighted by Gasteiger charge is -2.45. The van der Waals surface area contributed by atoms with Crippen molar-refractivity contribution in [2.45, 2.75) is 39.4 Å². The number of phenols is 1. The zero-order chi connectivity index (χ0) is 28.2. The number of aromatic nitrogens is 2. The molecule has 2 atom stereocenters. The number of hydrogen-bond acceptors (Lipinski definition) is 7. The summed E-state index contributed by atoms with van der Waals surface area (Å²) >= 11 is 6.57. The van der Waals surface area contributed by atoms with E-state index in [9.17, 15) is 14.3 Å². The highest BCUT2D eigenvalue weighted by Gasteiger charge is 2.36. The third-order valence-corrected chi connectivity index (χ3v) is 7.98. The van der Waals surface area contributed by atoms with Crippen LogP contribution in [0.25, 0.3) is 22.0 Å². The summed E-state index contributed by atoms with van der Waals surface area (Å²) in [6.45, 7) is 9.73. The number of likely N-dealkylation sites (N-methyl/N-ethyl adjacent to an activating group) is 1. The number of anilines is 2. The van der Waals surface area contributed by atoms with Gasteiger partial charge in [-0.1, -0.05) is 31.7 Å². The number of halogens is 3. The minimum absolute atomic E-state index is 0. The fraction of sp³-hybridized carbons (Fsp3) is 0.414. The molecule has 40 heavy (non-hydrogen) atoms. The van der Waals surface area contributed by atoms with Gasteiger partial charge in [-0.15, -0.1) is 0 Å². The molecule has 214 valence electrons. The molecule has 1 N–H and O–H groups in total. The zero-order valence-corrected chi connectivity index (χ0v) is 23.1. The Bertz CT molecular complexity index is 1440. The molecule has 2 fully saturated rings. The van der Waals surface area contributed by atoms with Crippen molar-refractivity contribution in [2.24, 2.45) is 0 Å². The van der Waals surface area contributed by atoms with Gasteiger partial charge in [-0.25, -0.2) is 13.8 Å². The lowest BCUT2D eigenvalue weighted by Crippen LogP contribution is -2.59. The number of rotatable bonds is 5. The molecule has 0 unspecified atom stereocenters. The summed E-state index contributed by atoms with van der Waals surface area (Å²) in [6.07, 6.45) is 1.30. The van der Waals surface area contributed by atoms with Crippen molar-refractivity contribution in [3.8, 4) is 16.9 Å². The number of fused-ring (bicyclic) bond motifs is 1. The van der Waals surface area contributed by atoms with E-state index < -0.39 is 17.4 Å². The largest absolute Gasteiger partial charge is 0.507 e. The third kappa shape index (κ3) is 4.94. The van der Waals surface area contributed by atoms with Crippen molar-refractivity contribution in [3.63, 3.8) is 0 Å². The molecule has 1 amide bonds. The first-order chi connectivity index (χ1) is 18.5. The van der Waals surface area contributed by atoms with E-state index in [-0.39, 0.29) is 47.1 Å². The Morgan fingerprint density at radius 2 is 1.82 bits per heavy atom. The van der Waals surface area contributed by atoms with Crippen molar-refractivity contribution >= 4 is 40.2 Å². The highest BCUT2D eigenvalue weighted by atomic mass is 35.5. The first-order valence-electron chi connectivity index (χ1n) is 12.8. The van der Waals surface area contributed by atoms with Crippen molar-refractivity contribution in [2.75, 3.05) is 50.1 Å². The minimum atomic E-state index is -0.839. The number of amides is 1. The van der Waals surface area contributed by atoms with E-state index >= 15 is 4.39 Å². The molecule has 2 saturated heterocycles. The van der Waals surface area contributed by atoms with Crippen LogP contribution in [0.4, 0.5) is 20.5 Å². The van der Waals surface area contributed by atoms with Crippen molar-refractivity contribution in [1.29, 1.82) is 0 Å². The topological polar surface area (TPSA) is 76.0 Å². The molecule has 2 aliphatic rings. The second kappa shape index (κ2) is 11.2. The molecule has 3 heterocycles. The van der Waals surface area contributed by atoms with Crippen molar-refractivity contribution in [3.05, 3.63) is 53.6 Å². The van der Waals surface area contributed by atoms with Crippen LogP contribution < -0.4 is 9.80 Å². The summed E-state index contributed by atoms with van der Waals surface area (Å²) in [5, 5.41) is 10.7. The monoisotopic (exact) mass is 572 g/mol. The number of hydrogen-bond donors (Lipinski definition) is 1. The molecule has 0 bridgehead atoms. The summed E-state index contributed by atoms with van der Waals surface area (Å²) in [5.74, 6) is -1.38. The number of piperazine rings is 1. The highest BCUT2D eigenvalue weighted by molar-refractivity contribution is 6.34. The van der Waals surface area contributed by atoms with Gasteiger partial charge in [0.15, 0.2) is 5.82 Å². The standard InChI is InChI=1S/C28H31ClF2N6O2.CH4/c1-6-22(39)36-11-16(3)37(12-15(36)2)27-18-10-19(29)23(24-20(30)8-7-9-21(24)38)25(31)26(18)32-28(33-27)35-13-17(14-35)34(4)5;/h6-10,15-17,38H,1,11-14H2,2-5H3;1H4/t15-,16+;/m0./s1. The SMILES string of the molecule is C.C=CC(=O)N1C[C@@H](C)N(c2nc(N3CC(N(C)C)C3)nc3c(F)c(-c4c(O)cccc4F)c(Cl)cc23)C[C@@H]1C. The summed E-state index contributed by atoms with van der Waals surface area (Å²) in [7, 11) is 3.99. The van der Waals surface area contributed by atoms with E-state index in [0.717, 1.165) is 6.07 Å². The maximum atomic E-state index is 16.3. The molecule has 2 aromatic carbocycles. The second-order valence-electron chi connectivity index (χ2n) is 10.5. The van der Waals surface area contributed by atoms with Gasteiger partial charge in [0.05, 0.1) is 10.6 Å². The summed E-state index contributed by atoms with van der Waals surface area (Å²) in [5.41, 5.74) is -0.596. The van der Waals surface area contributed by atoms with E-state index in [1.807, 2.05) is 37.7 Å². The van der Waals surface area contributed by atoms with Gasteiger partial charge >= 0.3 is 0 Å². The fourth-order valence-corrected chi connectivity index (χ4v) is 5.60. The van der Waals surface area contributed by atoms with Gasteiger partial charge in [0, 0.05) is 55.3 Å². The Morgan fingerprint density at radius 1 is 1.12 bits per heavy atom. The number of nitrogens with zero attached hydrogens (tertiary/aromatic N) is 6. The average molecular weight is 573 g/mol. The molecule has 8 nitrogen and oxygen atoms in total. The van der Waals surface area contributed by atoms with Gasteiger partial charge in [-0.05, 0) is 52.2 Å². The van der Waals surface area contributed by atoms with Crippen LogP contribution in [-0.2, 0) is 4.79 Å². The molecule has 0 saturated carbocycles. The Labute approximate surface area is 238 Å². The first-order valence-corrected chi connectivity index (χ1v) is 13.2. The average Bonchev–Trinajstić information content (AvgIpc) is 2.85. The first kappa shape index (κ1) is 29.5. The van der Waals surface area contributed by atoms with Gasteiger partial charge in [-0.2, -0.15) is 4.98 Å². The van der Waals surface area contributed by atoms with Gasteiger partial charge in [0.1, 0.15) is 22.9 Å². The molecule has 11 heteroatoms. The molecule has 2 aliphatic heterocycles. The maximum absolute atomic E-state index is 16.3. The van der Waals surface area contributed by atoms with Crippen molar-refractivity contribution < 1.29 is 18.7 Å². The van der Waals surface area contributed by atoms with Crippen molar-refractivity contribution in [1.82, 2.24) is 19.8 Å².